The largest absolute Gasteiger partial charge is 0.356 e. The van der Waals surface area contributed by atoms with Gasteiger partial charge in [-0.05, 0) is 55.7 Å². The maximum atomic E-state index is 12.1. The molecule has 1 aromatic rings. The summed E-state index contributed by atoms with van der Waals surface area (Å²) in [4.78, 5) is 12.1. The summed E-state index contributed by atoms with van der Waals surface area (Å²) in [6.07, 6.45) is 5.13. The Balaban J connectivity index is 1.68. The first-order chi connectivity index (χ1) is 10.6. The fraction of sp³-hybridized carbons (Fsp3) is 0.632. The summed E-state index contributed by atoms with van der Waals surface area (Å²) >= 11 is 0. The number of hydrogen-bond donors (Lipinski definition) is 2. The first-order valence-corrected chi connectivity index (χ1v) is 8.56. The molecule has 0 atom stereocenters. The van der Waals surface area contributed by atoms with Gasteiger partial charge in [-0.2, -0.15) is 0 Å². The van der Waals surface area contributed by atoms with E-state index in [-0.39, 0.29) is 11.3 Å². The van der Waals surface area contributed by atoms with Crippen molar-refractivity contribution in [2.45, 2.75) is 46.0 Å². The molecule has 3 heteroatoms. The van der Waals surface area contributed by atoms with Crippen molar-refractivity contribution >= 4 is 5.91 Å². The number of amides is 1. The molecule has 1 aromatic carbocycles. The van der Waals surface area contributed by atoms with Crippen LogP contribution in [-0.2, 0) is 11.2 Å². The molecule has 0 aliphatic carbocycles. The van der Waals surface area contributed by atoms with Crippen LogP contribution in [0.1, 0.15) is 45.1 Å². The Morgan fingerprint density at radius 1 is 1.23 bits per heavy atom. The Morgan fingerprint density at radius 2 is 1.91 bits per heavy atom. The molecule has 0 saturated carbocycles. The Labute approximate surface area is 134 Å². The van der Waals surface area contributed by atoms with Crippen molar-refractivity contribution in [3.05, 3.63) is 35.9 Å². The zero-order valence-electron chi connectivity index (χ0n) is 14.0. The Morgan fingerprint density at radius 3 is 2.59 bits per heavy atom. The molecule has 1 fully saturated rings. The summed E-state index contributed by atoms with van der Waals surface area (Å²) in [5.74, 6) is 0.934. The fourth-order valence-electron chi connectivity index (χ4n) is 3.14. The Kier molecular flexibility index (Phi) is 6.44. The highest BCUT2D eigenvalue weighted by atomic mass is 16.1. The van der Waals surface area contributed by atoms with E-state index in [1.165, 1.54) is 18.4 Å². The van der Waals surface area contributed by atoms with Gasteiger partial charge in [-0.3, -0.25) is 4.79 Å². The van der Waals surface area contributed by atoms with Gasteiger partial charge >= 0.3 is 0 Å². The lowest BCUT2D eigenvalue weighted by atomic mass is 9.85. The summed E-state index contributed by atoms with van der Waals surface area (Å²) in [6.45, 7) is 7.39. The molecule has 1 heterocycles. The smallest absolute Gasteiger partial charge is 0.220 e. The van der Waals surface area contributed by atoms with Crippen LogP contribution in [0.5, 0.6) is 0 Å². The van der Waals surface area contributed by atoms with Gasteiger partial charge < -0.3 is 10.6 Å². The summed E-state index contributed by atoms with van der Waals surface area (Å²) in [7, 11) is 0. The van der Waals surface area contributed by atoms with E-state index in [1.54, 1.807) is 0 Å². The van der Waals surface area contributed by atoms with Crippen LogP contribution >= 0.6 is 0 Å². The SMILES string of the molecule is CC(C)(CNC(=O)CCC1CCNCC1)Cc1ccccc1. The summed E-state index contributed by atoms with van der Waals surface area (Å²) < 4.78 is 0. The van der Waals surface area contributed by atoms with Gasteiger partial charge in [0.25, 0.3) is 0 Å². The number of hydrogen-bond acceptors (Lipinski definition) is 2. The lowest BCUT2D eigenvalue weighted by Gasteiger charge is -2.26. The lowest BCUT2D eigenvalue weighted by Crippen LogP contribution is -2.35. The number of nitrogens with one attached hydrogen (secondary N) is 2. The van der Waals surface area contributed by atoms with Crippen molar-refractivity contribution in [1.82, 2.24) is 10.6 Å². The van der Waals surface area contributed by atoms with Crippen molar-refractivity contribution in [1.29, 1.82) is 0 Å². The molecule has 1 amide bonds. The number of carbonyl (C=O) groups is 1. The van der Waals surface area contributed by atoms with E-state index in [9.17, 15) is 4.79 Å². The molecule has 2 rings (SSSR count). The normalized spacial score (nSPS) is 16.5. The molecule has 0 radical (unpaired) electrons. The molecule has 2 N–H and O–H groups in total. The first kappa shape index (κ1) is 17.0. The van der Waals surface area contributed by atoms with E-state index in [0.717, 1.165) is 38.4 Å². The van der Waals surface area contributed by atoms with Crippen LogP contribution in [0.2, 0.25) is 0 Å². The molecule has 0 unspecified atom stereocenters. The first-order valence-electron chi connectivity index (χ1n) is 8.56. The van der Waals surface area contributed by atoms with Gasteiger partial charge in [0.15, 0.2) is 0 Å². The Hall–Kier alpha value is -1.35. The molecule has 3 nitrogen and oxygen atoms in total. The maximum absolute atomic E-state index is 12.1. The van der Waals surface area contributed by atoms with Crippen LogP contribution in [0.25, 0.3) is 0 Å². The molecule has 0 spiro atoms. The molecule has 1 aliphatic rings. The monoisotopic (exact) mass is 302 g/mol. The van der Waals surface area contributed by atoms with E-state index in [2.05, 4.69) is 48.7 Å². The molecule has 0 aromatic heterocycles. The Bertz CT molecular complexity index is 450. The molecule has 1 saturated heterocycles. The maximum Gasteiger partial charge on any atom is 0.220 e. The average molecular weight is 302 g/mol. The molecule has 22 heavy (non-hydrogen) atoms. The van der Waals surface area contributed by atoms with Crippen molar-refractivity contribution < 1.29 is 4.79 Å². The number of piperidine rings is 1. The van der Waals surface area contributed by atoms with Gasteiger partial charge in [-0.25, -0.2) is 0 Å². The third-order valence-electron chi connectivity index (χ3n) is 4.53. The van der Waals surface area contributed by atoms with Gasteiger partial charge in [0.2, 0.25) is 5.91 Å². The third kappa shape index (κ3) is 6.18. The minimum absolute atomic E-state index is 0.0891. The quantitative estimate of drug-likeness (QED) is 0.812. The van der Waals surface area contributed by atoms with Crippen LogP contribution < -0.4 is 10.6 Å². The van der Waals surface area contributed by atoms with E-state index in [1.807, 2.05) is 6.07 Å². The fourth-order valence-corrected chi connectivity index (χ4v) is 3.14. The van der Waals surface area contributed by atoms with Gasteiger partial charge in [0, 0.05) is 13.0 Å². The van der Waals surface area contributed by atoms with E-state index in [4.69, 9.17) is 0 Å². The van der Waals surface area contributed by atoms with E-state index in [0.29, 0.717) is 6.42 Å². The van der Waals surface area contributed by atoms with Gasteiger partial charge in [-0.1, -0.05) is 44.2 Å². The van der Waals surface area contributed by atoms with Crippen LogP contribution in [-0.4, -0.2) is 25.5 Å². The highest BCUT2D eigenvalue weighted by Gasteiger charge is 2.20. The highest BCUT2D eigenvalue weighted by Crippen LogP contribution is 2.21. The van der Waals surface area contributed by atoms with Gasteiger partial charge in [-0.15, -0.1) is 0 Å². The minimum atomic E-state index is 0.0891. The highest BCUT2D eigenvalue weighted by molar-refractivity contribution is 5.75. The second-order valence-corrected chi connectivity index (χ2v) is 7.34. The number of rotatable bonds is 7. The van der Waals surface area contributed by atoms with Crippen LogP contribution in [0.3, 0.4) is 0 Å². The predicted molar refractivity (Wildman–Crippen MR) is 91.8 cm³/mol. The van der Waals surface area contributed by atoms with Crippen molar-refractivity contribution in [2.24, 2.45) is 11.3 Å². The zero-order chi connectivity index (χ0) is 15.8. The molecular formula is C19H30N2O. The van der Waals surface area contributed by atoms with E-state index < -0.39 is 0 Å². The van der Waals surface area contributed by atoms with Gasteiger partial charge in [0.05, 0.1) is 0 Å². The molecular weight excluding hydrogens is 272 g/mol. The number of carbonyl (C=O) groups excluding carboxylic acids is 1. The lowest BCUT2D eigenvalue weighted by molar-refractivity contribution is -0.121. The van der Waals surface area contributed by atoms with Crippen LogP contribution in [0.15, 0.2) is 30.3 Å². The number of benzene rings is 1. The van der Waals surface area contributed by atoms with Crippen molar-refractivity contribution in [3.63, 3.8) is 0 Å². The van der Waals surface area contributed by atoms with E-state index >= 15 is 0 Å². The second-order valence-electron chi connectivity index (χ2n) is 7.34. The van der Waals surface area contributed by atoms with Crippen LogP contribution in [0, 0.1) is 11.3 Å². The summed E-state index contributed by atoms with van der Waals surface area (Å²) in [5.41, 5.74) is 1.42. The summed E-state index contributed by atoms with van der Waals surface area (Å²) in [6, 6.07) is 10.5. The zero-order valence-corrected chi connectivity index (χ0v) is 14.0. The minimum Gasteiger partial charge on any atom is -0.356 e. The third-order valence-corrected chi connectivity index (χ3v) is 4.53. The van der Waals surface area contributed by atoms with Gasteiger partial charge in [0.1, 0.15) is 0 Å². The standard InChI is InChI=1S/C19H30N2O/c1-19(2,14-17-6-4-3-5-7-17)15-21-18(22)9-8-16-10-12-20-13-11-16/h3-7,16,20H,8-15H2,1-2H3,(H,21,22). The van der Waals surface area contributed by atoms with Crippen molar-refractivity contribution in [2.75, 3.05) is 19.6 Å². The second kappa shape index (κ2) is 8.33. The average Bonchev–Trinajstić information content (AvgIpc) is 2.53. The van der Waals surface area contributed by atoms with Crippen LogP contribution in [0.4, 0.5) is 0 Å². The molecule has 122 valence electrons. The molecule has 0 bridgehead atoms. The summed E-state index contributed by atoms with van der Waals surface area (Å²) in [5, 5.41) is 6.50. The predicted octanol–water partition coefficient (Wildman–Crippen LogP) is 3.15. The van der Waals surface area contributed by atoms with Crippen molar-refractivity contribution in [3.8, 4) is 0 Å². The molecule has 1 aliphatic heterocycles. The topological polar surface area (TPSA) is 41.1 Å².